The molecule has 0 bridgehead atoms. The minimum absolute atomic E-state index is 0.326. The Hall–Kier alpha value is -2.86. The molecule has 0 N–H and O–H groups in total. The zero-order valence-electron chi connectivity index (χ0n) is 16.3. The van der Waals surface area contributed by atoms with Crippen LogP contribution in [0.1, 0.15) is 28.1 Å². The van der Waals surface area contributed by atoms with Crippen molar-refractivity contribution in [3.05, 3.63) is 81.0 Å². The topological polar surface area (TPSA) is 60.9 Å². The van der Waals surface area contributed by atoms with Crippen LogP contribution in [-0.4, -0.2) is 14.8 Å². The van der Waals surface area contributed by atoms with Crippen LogP contribution in [0.3, 0.4) is 0 Å². The second kappa shape index (κ2) is 7.28. The molecule has 0 unspecified atom stereocenters. The van der Waals surface area contributed by atoms with Crippen LogP contribution >= 0.6 is 11.8 Å². The van der Waals surface area contributed by atoms with Crippen LogP contribution in [0, 0.1) is 27.7 Å². The van der Waals surface area contributed by atoms with Crippen molar-refractivity contribution in [1.82, 2.24) is 14.8 Å². The molecular formula is C22H21N3O2S. The molecule has 28 heavy (non-hydrogen) atoms. The van der Waals surface area contributed by atoms with Crippen molar-refractivity contribution in [1.29, 1.82) is 0 Å². The Kier molecular flexibility index (Phi) is 4.81. The average molecular weight is 391 g/mol. The summed E-state index contributed by atoms with van der Waals surface area (Å²) in [4.78, 5) is 12.1. The first kappa shape index (κ1) is 18.5. The summed E-state index contributed by atoms with van der Waals surface area (Å²) in [6, 6.07) is 13.9. The van der Waals surface area contributed by atoms with Crippen molar-refractivity contribution >= 4 is 22.7 Å². The van der Waals surface area contributed by atoms with E-state index in [-0.39, 0.29) is 5.63 Å². The van der Waals surface area contributed by atoms with Crippen molar-refractivity contribution < 1.29 is 4.42 Å². The molecular weight excluding hydrogens is 370 g/mol. The maximum absolute atomic E-state index is 12.1. The van der Waals surface area contributed by atoms with Crippen LogP contribution < -0.4 is 5.63 Å². The zero-order chi connectivity index (χ0) is 19.8. The van der Waals surface area contributed by atoms with E-state index in [1.54, 1.807) is 17.8 Å². The van der Waals surface area contributed by atoms with Gasteiger partial charge in [-0.2, -0.15) is 0 Å². The van der Waals surface area contributed by atoms with Gasteiger partial charge in [-0.3, -0.25) is 4.57 Å². The Morgan fingerprint density at radius 1 is 1.04 bits per heavy atom. The third kappa shape index (κ3) is 3.36. The van der Waals surface area contributed by atoms with Gasteiger partial charge in [0, 0.05) is 22.9 Å². The fraction of sp³-hybridized carbons (Fsp3) is 0.227. The molecule has 0 amide bonds. The Bertz CT molecular complexity index is 1240. The van der Waals surface area contributed by atoms with Crippen LogP contribution in [-0.2, 0) is 5.75 Å². The van der Waals surface area contributed by atoms with Gasteiger partial charge in [-0.05, 0) is 62.1 Å². The molecule has 4 aromatic rings. The zero-order valence-corrected chi connectivity index (χ0v) is 17.1. The summed E-state index contributed by atoms with van der Waals surface area (Å²) in [5.41, 5.74) is 5.60. The van der Waals surface area contributed by atoms with Crippen LogP contribution in [0.15, 0.2) is 56.8 Å². The third-order valence-electron chi connectivity index (χ3n) is 4.93. The predicted octanol–water partition coefficient (Wildman–Crippen LogP) is 4.90. The molecule has 0 atom stereocenters. The number of rotatable bonds is 4. The van der Waals surface area contributed by atoms with E-state index in [0.717, 1.165) is 38.7 Å². The number of aryl methyl sites for hydroxylation is 4. The smallest absolute Gasteiger partial charge is 0.336 e. The van der Waals surface area contributed by atoms with Crippen molar-refractivity contribution in [3.8, 4) is 5.69 Å². The molecule has 0 fully saturated rings. The minimum Gasteiger partial charge on any atom is -0.422 e. The Morgan fingerprint density at radius 3 is 2.64 bits per heavy atom. The molecule has 0 aliphatic carbocycles. The summed E-state index contributed by atoms with van der Waals surface area (Å²) in [7, 11) is 0. The SMILES string of the molecule is Cc1cccc(-n2c(C)nnc2SCc2cc(=O)oc3c(C)c(C)ccc23)c1. The van der Waals surface area contributed by atoms with Gasteiger partial charge in [0.15, 0.2) is 5.16 Å². The van der Waals surface area contributed by atoms with Gasteiger partial charge < -0.3 is 4.42 Å². The molecule has 5 nitrogen and oxygen atoms in total. The molecule has 2 aromatic heterocycles. The summed E-state index contributed by atoms with van der Waals surface area (Å²) in [6.45, 7) is 8.01. The standard InChI is InChI=1S/C22H21N3O2S/c1-13-6-5-7-18(10-13)25-16(4)23-24-22(25)28-12-17-11-20(26)27-21-15(3)14(2)8-9-19(17)21/h5-11H,12H2,1-4H3. The molecule has 2 aromatic carbocycles. The predicted molar refractivity (Wildman–Crippen MR) is 112 cm³/mol. The highest BCUT2D eigenvalue weighted by Gasteiger charge is 2.14. The maximum Gasteiger partial charge on any atom is 0.336 e. The van der Waals surface area contributed by atoms with Crippen LogP contribution in [0.5, 0.6) is 0 Å². The lowest BCUT2D eigenvalue weighted by Gasteiger charge is -2.11. The summed E-state index contributed by atoms with van der Waals surface area (Å²) in [5, 5.41) is 10.4. The lowest BCUT2D eigenvalue weighted by molar-refractivity contribution is 0.557. The van der Waals surface area contributed by atoms with Crippen LogP contribution in [0.25, 0.3) is 16.7 Å². The minimum atomic E-state index is -0.326. The molecule has 0 aliphatic rings. The molecule has 6 heteroatoms. The van der Waals surface area contributed by atoms with E-state index in [2.05, 4.69) is 35.3 Å². The van der Waals surface area contributed by atoms with Crippen LogP contribution in [0.2, 0.25) is 0 Å². The number of aromatic nitrogens is 3. The van der Waals surface area contributed by atoms with Gasteiger partial charge in [0.1, 0.15) is 11.4 Å². The third-order valence-corrected chi connectivity index (χ3v) is 5.91. The normalized spacial score (nSPS) is 11.3. The van der Waals surface area contributed by atoms with Gasteiger partial charge in [0.25, 0.3) is 0 Å². The van der Waals surface area contributed by atoms with E-state index in [0.29, 0.717) is 11.3 Å². The first-order chi connectivity index (χ1) is 13.4. The monoisotopic (exact) mass is 391 g/mol. The van der Waals surface area contributed by atoms with Crippen molar-refractivity contribution in [2.45, 2.75) is 38.6 Å². The lowest BCUT2D eigenvalue weighted by Crippen LogP contribution is -2.03. The summed E-state index contributed by atoms with van der Waals surface area (Å²) < 4.78 is 7.52. The van der Waals surface area contributed by atoms with E-state index in [4.69, 9.17) is 4.42 Å². The Labute approximate surface area is 167 Å². The highest BCUT2D eigenvalue weighted by molar-refractivity contribution is 7.98. The lowest BCUT2D eigenvalue weighted by atomic mass is 10.0. The number of thioether (sulfide) groups is 1. The van der Waals surface area contributed by atoms with E-state index in [9.17, 15) is 4.79 Å². The van der Waals surface area contributed by atoms with Gasteiger partial charge in [0.05, 0.1) is 0 Å². The van der Waals surface area contributed by atoms with Crippen molar-refractivity contribution in [3.63, 3.8) is 0 Å². The van der Waals surface area contributed by atoms with Gasteiger partial charge >= 0.3 is 5.63 Å². The van der Waals surface area contributed by atoms with Gasteiger partial charge in [-0.1, -0.05) is 36.0 Å². The first-order valence-electron chi connectivity index (χ1n) is 9.09. The molecule has 0 radical (unpaired) electrons. The molecule has 142 valence electrons. The quantitative estimate of drug-likeness (QED) is 0.366. The highest BCUT2D eigenvalue weighted by atomic mass is 32.2. The molecule has 2 heterocycles. The van der Waals surface area contributed by atoms with Gasteiger partial charge in [0.2, 0.25) is 0 Å². The molecule has 4 rings (SSSR count). The molecule has 0 aliphatic heterocycles. The first-order valence-corrected chi connectivity index (χ1v) is 10.1. The number of nitrogens with zero attached hydrogens (tertiary/aromatic N) is 3. The Balaban J connectivity index is 1.72. The molecule has 0 spiro atoms. The number of benzene rings is 2. The highest BCUT2D eigenvalue weighted by Crippen LogP contribution is 2.29. The van der Waals surface area contributed by atoms with E-state index >= 15 is 0 Å². The number of hydrogen-bond donors (Lipinski definition) is 0. The van der Waals surface area contributed by atoms with E-state index < -0.39 is 0 Å². The largest absolute Gasteiger partial charge is 0.422 e. The second-order valence-electron chi connectivity index (χ2n) is 6.97. The second-order valence-corrected chi connectivity index (χ2v) is 7.91. The summed E-state index contributed by atoms with van der Waals surface area (Å²) >= 11 is 1.56. The molecule has 0 saturated heterocycles. The van der Waals surface area contributed by atoms with Crippen molar-refractivity contribution in [2.24, 2.45) is 0 Å². The fourth-order valence-corrected chi connectivity index (χ4v) is 4.28. The van der Waals surface area contributed by atoms with Crippen molar-refractivity contribution in [2.75, 3.05) is 0 Å². The number of hydrogen-bond acceptors (Lipinski definition) is 5. The number of fused-ring (bicyclic) bond motifs is 1. The average Bonchev–Trinajstić information content (AvgIpc) is 3.03. The summed E-state index contributed by atoms with van der Waals surface area (Å²) in [6.07, 6.45) is 0. The van der Waals surface area contributed by atoms with Gasteiger partial charge in [-0.15, -0.1) is 10.2 Å². The molecule has 0 saturated carbocycles. The van der Waals surface area contributed by atoms with E-state index in [1.165, 1.54) is 5.56 Å². The Morgan fingerprint density at radius 2 is 1.86 bits per heavy atom. The van der Waals surface area contributed by atoms with Gasteiger partial charge in [-0.25, -0.2) is 4.79 Å². The maximum atomic E-state index is 12.1. The fourth-order valence-electron chi connectivity index (χ4n) is 3.29. The van der Waals surface area contributed by atoms with E-state index in [1.807, 2.05) is 43.5 Å². The summed E-state index contributed by atoms with van der Waals surface area (Å²) in [5.74, 6) is 1.44. The van der Waals surface area contributed by atoms with Crippen LogP contribution in [0.4, 0.5) is 0 Å².